The molecule has 0 aliphatic carbocycles. The van der Waals surface area contributed by atoms with Crippen molar-refractivity contribution in [2.45, 2.75) is 19.3 Å². The van der Waals surface area contributed by atoms with Crippen molar-refractivity contribution in [2.75, 3.05) is 112 Å². The van der Waals surface area contributed by atoms with Gasteiger partial charge in [-0.2, -0.15) is 0 Å². The molecule has 1 aromatic rings. The fraction of sp³-hybridized carbons (Fsp3) is 0.741. The highest BCUT2D eigenvalue weighted by molar-refractivity contribution is 5.76. The number of carbonyl (C=O) groups excluding carboxylic acids is 1. The van der Waals surface area contributed by atoms with Gasteiger partial charge in [0.2, 0.25) is 5.91 Å². The summed E-state index contributed by atoms with van der Waals surface area (Å²) >= 11 is 0. The quantitative estimate of drug-likeness (QED) is 0.125. The summed E-state index contributed by atoms with van der Waals surface area (Å²) in [5.41, 5.74) is 0.906. The number of carboxylic acid groups (broad SMARTS) is 1. The summed E-state index contributed by atoms with van der Waals surface area (Å²) in [5, 5.41) is 11.3. The molecule has 1 rings (SSSR count). The lowest BCUT2D eigenvalue weighted by Gasteiger charge is -2.09. The van der Waals surface area contributed by atoms with E-state index in [0.29, 0.717) is 118 Å². The van der Waals surface area contributed by atoms with Gasteiger partial charge in [-0.1, -0.05) is 6.07 Å². The van der Waals surface area contributed by atoms with Gasteiger partial charge in [0, 0.05) is 24.9 Å². The van der Waals surface area contributed by atoms with Crippen LogP contribution in [0.3, 0.4) is 0 Å². The highest BCUT2D eigenvalue weighted by Gasteiger charge is 2.02. The molecule has 1 aromatic heterocycles. The van der Waals surface area contributed by atoms with Crippen molar-refractivity contribution in [2.24, 2.45) is 0 Å². The molecule has 0 fully saturated rings. The minimum absolute atomic E-state index is 0.00381. The number of amides is 1. The van der Waals surface area contributed by atoms with Gasteiger partial charge < -0.3 is 48.3 Å². The maximum absolute atomic E-state index is 11.8. The summed E-state index contributed by atoms with van der Waals surface area (Å²) in [4.78, 5) is 26.3. The van der Waals surface area contributed by atoms with Gasteiger partial charge in [-0.15, -0.1) is 0 Å². The number of aryl methyl sites for hydroxylation is 1. The van der Waals surface area contributed by atoms with Crippen LogP contribution in [0.2, 0.25) is 0 Å². The molecule has 2 N–H and O–H groups in total. The summed E-state index contributed by atoms with van der Waals surface area (Å²) in [5.74, 6) is -0.890. The van der Waals surface area contributed by atoms with Gasteiger partial charge >= 0.3 is 5.97 Å². The number of rotatable bonds is 30. The van der Waals surface area contributed by atoms with Gasteiger partial charge in [-0.25, -0.2) is 0 Å². The minimum atomic E-state index is -0.876. The lowest BCUT2D eigenvalue weighted by Crippen LogP contribution is -2.27. The average molecular weight is 575 g/mol. The van der Waals surface area contributed by atoms with E-state index in [4.69, 9.17) is 43.0 Å². The first-order chi connectivity index (χ1) is 19.7. The molecule has 0 radical (unpaired) electrons. The van der Waals surface area contributed by atoms with Crippen LogP contribution in [0.5, 0.6) is 0 Å². The van der Waals surface area contributed by atoms with Crippen molar-refractivity contribution >= 4 is 11.9 Å². The van der Waals surface area contributed by atoms with Crippen molar-refractivity contribution in [1.82, 2.24) is 10.3 Å². The molecule has 0 saturated carbocycles. The normalized spacial score (nSPS) is 11.1. The molecule has 230 valence electrons. The first-order valence-corrected chi connectivity index (χ1v) is 13.7. The molecule has 0 saturated heterocycles. The van der Waals surface area contributed by atoms with Crippen LogP contribution >= 0.6 is 0 Å². The largest absolute Gasteiger partial charge is 0.481 e. The molecule has 13 nitrogen and oxygen atoms in total. The highest BCUT2D eigenvalue weighted by atomic mass is 16.6. The van der Waals surface area contributed by atoms with Crippen LogP contribution in [-0.2, 0) is 53.9 Å². The third kappa shape index (κ3) is 26.0. The average Bonchev–Trinajstić information content (AvgIpc) is 2.96. The number of nitrogens with zero attached hydrogens (tertiary/aromatic N) is 1. The molecule has 0 atom stereocenters. The van der Waals surface area contributed by atoms with E-state index in [0.717, 1.165) is 5.69 Å². The van der Waals surface area contributed by atoms with Gasteiger partial charge in [0.15, 0.2) is 0 Å². The third-order valence-electron chi connectivity index (χ3n) is 4.97. The summed E-state index contributed by atoms with van der Waals surface area (Å²) in [7, 11) is 0. The number of hydrogen-bond acceptors (Lipinski definition) is 11. The molecule has 0 bridgehead atoms. The molecule has 40 heavy (non-hydrogen) atoms. The number of pyridine rings is 1. The van der Waals surface area contributed by atoms with Crippen LogP contribution in [0.1, 0.15) is 18.5 Å². The molecule has 0 unspecified atom stereocenters. The van der Waals surface area contributed by atoms with E-state index in [1.807, 2.05) is 18.2 Å². The molecule has 1 amide bonds. The van der Waals surface area contributed by atoms with Crippen LogP contribution in [0.25, 0.3) is 0 Å². The van der Waals surface area contributed by atoms with Gasteiger partial charge in [0.25, 0.3) is 0 Å². The Labute approximate surface area is 236 Å². The van der Waals surface area contributed by atoms with Crippen molar-refractivity contribution < 1.29 is 52.6 Å². The molecule has 13 heteroatoms. The molecule has 0 aromatic carbocycles. The highest BCUT2D eigenvalue weighted by Crippen LogP contribution is 1.97. The minimum Gasteiger partial charge on any atom is -0.481 e. The second-order valence-corrected chi connectivity index (χ2v) is 8.21. The number of aliphatic carboxylic acids is 1. The van der Waals surface area contributed by atoms with Gasteiger partial charge in [-0.05, 0) is 18.6 Å². The Morgan fingerprint density at radius 2 is 1.02 bits per heavy atom. The smallest absolute Gasteiger partial charge is 0.305 e. The maximum atomic E-state index is 11.8. The lowest BCUT2D eigenvalue weighted by atomic mass is 10.2. The summed E-state index contributed by atoms with van der Waals surface area (Å²) in [6.07, 6.45) is 2.75. The Kier molecular flexibility index (Phi) is 25.3. The summed E-state index contributed by atoms with van der Waals surface area (Å²) in [6.45, 7) is 7.50. The predicted molar refractivity (Wildman–Crippen MR) is 144 cm³/mol. The number of nitrogens with one attached hydrogen (secondary N) is 1. The second-order valence-electron chi connectivity index (χ2n) is 8.21. The van der Waals surface area contributed by atoms with Crippen molar-refractivity contribution in [3.05, 3.63) is 30.1 Å². The second kappa shape index (κ2) is 28.3. The zero-order valence-electron chi connectivity index (χ0n) is 23.4. The van der Waals surface area contributed by atoms with Gasteiger partial charge in [0.05, 0.1) is 112 Å². The molecule has 1 heterocycles. The predicted octanol–water partition coefficient (Wildman–Crippen LogP) is 0.738. The van der Waals surface area contributed by atoms with E-state index in [1.165, 1.54) is 0 Å². The fourth-order valence-electron chi connectivity index (χ4n) is 2.94. The van der Waals surface area contributed by atoms with Crippen LogP contribution in [0.4, 0.5) is 0 Å². The first-order valence-electron chi connectivity index (χ1n) is 13.7. The van der Waals surface area contributed by atoms with Crippen LogP contribution < -0.4 is 5.32 Å². The molecular formula is C27H46N2O11. The van der Waals surface area contributed by atoms with Crippen LogP contribution in [0, 0.1) is 0 Å². The van der Waals surface area contributed by atoms with Crippen molar-refractivity contribution in [1.29, 1.82) is 0 Å². The van der Waals surface area contributed by atoms with E-state index in [-0.39, 0.29) is 18.9 Å². The maximum Gasteiger partial charge on any atom is 0.305 e. The van der Waals surface area contributed by atoms with Crippen LogP contribution in [-0.4, -0.2) is 134 Å². The molecule has 0 aliphatic heterocycles. The Morgan fingerprint density at radius 1 is 0.600 bits per heavy atom. The summed E-state index contributed by atoms with van der Waals surface area (Å²) < 4.78 is 43.0. The van der Waals surface area contributed by atoms with E-state index in [9.17, 15) is 9.59 Å². The lowest BCUT2D eigenvalue weighted by molar-refractivity contribution is -0.138. The molecule has 0 spiro atoms. The Hall–Kier alpha value is -2.23. The van der Waals surface area contributed by atoms with E-state index in [1.54, 1.807) is 6.20 Å². The number of aromatic nitrogens is 1. The third-order valence-corrected chi connectivity index (χ3v) is 4.97. The molecular weight excluding hydrogens is 528 g/mol. The topological polar surface area (TPSA) is 153 Å². The van der Waals surface area contributed by atoms with E-state index >= 15 is 0 Å². The van der Waals surface area contributed by atoms with Crippen molar-refractivity contribution in [3.8, 4) is 0 Å². The van der Waals surface area contributed by atoms with Gasteiger partial charge in [-0.3, -0.25) is 14.6 Å². The summed E-state index contributed by atoms with van der Waals surface area (Å²) in [6, 6.07) is 5.67. The Morgan fingerprint density at radius 3 is 1.43 bits per heavy atom. The number of carbonyl (C=O) groups is 2. The van der Waals surface area contributed by atoms with Crippen LogP contribution in [0.15, 0.2) is 24.4 Å². The number of ether oxygens (including phenoxy) is 8. The number of carboxylic acids is 1. The molecule has 0 aliphatic rings. The standard InChI is InChI=1S/C27H46N2O11/c30-26(5-4-25-3-1-2-7-28-25)29-8-10-34-12-14-36-16-18-38-20-22-40-24-23-39-21-19-37-17-15-35-13-11-33-9-6-27(31)32/h1-3,7H,4-6,8-24H2,(H,29,30)(H,31,32). The zero-order valence-corrected chi connectivity index (χ0v) is 23.4. The van der Waals surface area contributed by atoms with E-state index in [2.05, 4.69) is 10.3 Å². The van der Waals surface area contributed by atoms with Gasteiger partial charge in [0.1, 0.15) is 0 Å². The monoisotopic (exact) mass is 574 g/mol. The number of hydrogen-bond donors (Lipinski definition) is 2. The first kappa shape index (κ1) is 35.8. The Bertz CT molecular complexity index is 713. The SMILES string of the molecule is O=C(O)CCOCCOCCOCCOCCOCCOCCOCCOCCNC(=O)CCc1ccccn1. The fourth-order valence-corrected chi connectivity index (χ4v) is 2.94. The Balaban J connectivity index is 1.66. The van der Waals surface area contributed by atoms with Crippen molar-refractivity contribution in [3.63, 3.8) is 0 Å². The zero-order chi connectivity index (χ0) is 28.8. The van der Waals surface area contributed by atoms with E-state index < -0.39 is 5.97 Å².